The number of carbonyl (C=O) groups excluding carboxylic acids is 2. The number of fused-ring (bicyclic) bond motifs is 1. The maximum absolute atomic E-state index is 12.1. The maximum atomic E-state index is 12.1. The van der Waals surface area contributed by atoms with Crippen LogP contribution in [-0.2, 0) is 9.53 Å². The summed E-state index contributed by atoms with van der Waals surface area (Å²) in [6.45, 7) is 10.7. The van der Waals surface area contributed by atoms with E-state index in [2.05, 4.69) is 6.58 Å². The average molecular weight is 300 g/mol. The van der Waals surface area contributed by atoms with Gasteiger partial charge in [-0.3, -0.25) is 4.79 Å². The van der Waals surface area contributed by atoms with Crippen LogP contribution >= 0.6 is 0 Å². The number of hydrogen-bond donors (Lipinski definition) is 0. The summed E-state index contributed by atoms with van der Waals surface area (Å²) in [5, 5.41) is 0. The molecule has 0 N–H and O–H groups in total. The lowest BCUT2D eigenvalue weighted by Gasteiger charge is -2.20. The molecule has 22 heavy (non-hydrogen) atoms. The highest BCUT2D eigenvalue weighted by atomic mass is 16.6. The molecule has 0 saturated carbocycles. The lowest BCUT2D eigenvalue weighted by molar-refractivity contribution is -0.146. The Bertz CT molecular complexity index is 670. The highest BCUT2D eigenvalue weighted by Gasteiger charge is 2.38. The Morgan fingerprint density at radius 3 is 2.50 bits per heavy atom. The number of ketones is 1. The molecular weight excluding hydrogens is 280 g/mol. The highest BCUT2D eigenvalue weighted by Crippen LogP contribution is 2.42. The first-order valence-corrected chi connectivity index (χ1v) is 7.16. The van der Waals surface area contributed by atoms with Crippen molar-refractivity contribution < 1.29 is 19.1 Å². The molecule has 4 heteroatoms. The first kappa shape index (κ1) is 16.0. The highest BCUT2D eigenvalue weighted by molar-refractivity contribution is 5.94. The molecule has 1 heterocycles. The van der Waals surface area contributed by atoms with Gasteiger partial charge in [0.2, 0.25) is 0 Å². The quantitative estimate of drug-likeness (QED) is 0.367. The first-order valence-electron chi connectivity index (χ1n) is 7.16. The van der Waals surface area contributed by atoms with E-state index < -0.39 is 18.2 Å². The summed E-state index contributed by atoms with van der Waals surface area (Å²) in [5.41, 5.74) is 2.56. The Kier molecular flexibility index (Phi) is 4.50. The van der Waals surface area contributed by atoms with E-state index in [9.17, 15) is 9.59 Å². The van der Waals surface area contributed by atoms with Crippen molar-refractivity contribution in [2.24, 2.45) is 0 Å². The van der Waals surface area contributed by atoms with E-state index in [0.717, 1.165) is 5.57 Å². The number of allylic oxidation sites excluding steroid dienone is 1. The van der Waals surface area contributed by atoms with Crippen LogP contribution in [0.1, 0.15) is 49.7 Å². The minimum Gasteiger partial charge on any atom is -0.481 e. The van der Waals surface area contributed by atoms with Gasteiger partial charge in [-0.1, -0.05) is 12.7 Å². The van der Waals surface area contributed by atoms with Gasteiger partial charge >= 0.3 is 5.97 Å². The monoisotopic (exact) mass is 300 g/mol. The predicted octanol–water partition coefficient (Wildman–Crippen LogP) is 3.78. The van der Waals surface area contributed by atoms with Crippen molar-refractivity contribution in [3.05, 3.63) is 53.1 Å². The molecule has 0 aromatic heterocycles. The number of Topliss-reactive ketones (excluding diaryl/α,β-unsaturated/α-hetero) is 1. The smallest absolute Gasteiger partial charge is 0.334 e. The third-order valence-electron chi connectivity index (χ3n) is 3.73. The van der Waals surface area contributed by atoms with E-state index in [1.165, 1.54) is 6.92 Å². The fourth-order valence-corrected chi connectivity index (χ4v) is 2.27. The maximum Gasteiger partial charge on any atom is 0.334 e. The van der Waals surface area contributed by atoms with E-state index in [0.29, 0.717) is 22.4 Å². The molecule has 0 bridgehead atoms. The van der Waals surface area contributed by atoms with E-state index in [4.69, 9.17) is 9.47 Å². The summed E-state index contributed by atoms with van der Waals surface area (Å²) in [6, 6.07) is 5.17. The molecule has 2 atom stereocenters. The standard InChI is InChI=1S/C18H20O4/c1-6-11(4)18(20)22-17-14-9-13(12(5)19)7-8-15(14)21-16(17)10(2)3/h6-9,16-17H,2H2,1,3-5H3. The number of hydrogen-bond acceptors (Lipinski definition) is 4. The molecule has 0 aliphatic carbocycles. The van der Waals surface area contributed by atoms with Crippen molar-refractivity contribution >= 4 is 11.8 Å². The second-order valence-electron chi connectivity index (χ2n) is 5.49. The average Bonchev–Trinajstić information content (AvgIpc) is 2.84. The molecule has 1 aliphatic heterocycles. The van der Waals surface area contributed by atoms with Crippen molar-refractivity contribution in [2.75, 3.05) is 0 Å². The van der Waals surface area contributed by atoms with Crippen LogP contribution < -0.4 is 4.74 Å². The second-order valence-corrected chi connectivity index (χ2v) is 5.49. The molecule has 1 aromatic carbocycles. The molecule has 116 valence electrons. The van der Waals surface area contributed by atoms with Crippen LogP contribution in [0.3, 0.4) is 0 Å². The minimum absolute atomic E-state index is 0.0451. The van der Waals surface area contributed by atoms with Crippen molar-refractivity contribution in [3.8, 4) is 5.75 Å². The number of esters is 1. The molecule has 2 unspecified atom stereocenters. The fourth-order valence-electron chi connectivity index (χ4n) is 2.27. The van der Waals surface area contributed by atoms with Gasteiger partial charge in [-0.05, 0) is 51.5 Å². The summed E-state index contributed by atoms with van der Waals surface area (Å²) in [7, 11) is 0. The predicted molar refractivity (Wildman–Crippen MR) is 83.9 cm³/mol. The Labute approximate surface area is 130 Å². The SMILES string of the molecule is C=C(C)C1Oc2ccc(C(C)=O)cc2C1OC(=O)C(C)=CC. The van der Waals surface area contributed by atoms with E-state index >= 15 is 0 Å². The van der Waals surface area contributed by atoms with Crippen LogP contribution in [0.5, 0.6) is 5.75 Å². The number of carbonyl (C=O) groups is 2. The minimum atomic E-state index is -0.589. The Morgan fingerprint density at radius 2 is 1.95 bits per heavy atom. The molecule has 0 radical (unpaired) electrons. The number of benzene rings is 1. The fraction of sp³-hybridized carbons (Fsp3) is 0.333. The third kappa shape index (κ3) is 2.96. The molecular formula is C18H20O4. The third-order valence-corrected chi connectivity index (χ3v) is 3.73. The van der Waals surface area contributed by atoms with Gasteiger partial charge in [0.05, 0.1) is 0 Å². The summed E-state index contributed by atoms with van der Waals surface area (Å²) in [6.07, 6.45) is 0.667. The molecule has 0 spiro atoms. The topological polar surface area (TPSA) is 52.6 Å². The van der Waals surface area contributed by atoms with Crippen LogP contribution in [0.15, 0.2) is 42.0 Å². The second kappa shape index (κ2) is 6.18. The van der Waals surface area contributed by atoms with Gasteiger partial charge in [0.1, 0.15) is 5.75 Å². The molecule has 2 rings (SSSR count). The Hall–Kier alpha value is -2.36. The number of rotatable bonds is 4. The number of ether oxygens (including phenoxy) is 2. The summed E-state index contributed by atoms with van der Waals surface area (Å²) in [5.74, 6) is 0.175. The van der Waals surface area contributed by atoms with Crippen molar-refractivity contribution in [1.29, 1.82) is 0 Å². The van der Waals surface area contributed by atoms with Crippen LogP contribution in [0.25, 0.3) is 0 Å². The van der Waals surface area contributed by atoms with Gasteiger partial charge in [0, 0.05) is 16.7 Å². The lowest BCUT2D eigenvalue weighted by Crippen LogP contribution is -2.24. The van der Waals surface area contributed by atoms with Gasteiger partial charge < -0.3 is 9.47 Å². The zero-order valence-corrected chi connectivity index (χ0v) is 13.3. The first-order chi connectivity index (χ1) is 10.3. The summed E-state index contributed by atoms with van der Waals surface area (Å²) >= 11 is 0. The van der Waals surface area contributed by atoms with Crippen molar-refractivity contribution in [2.45, 2.75) is 39.9 Å². The van der Waals surface area contributed by atoms with E-state index in [1.54, 1.807) is 38.1 Å². The van der Waals surface area contributed by atoms with Crippen LogP contribution in [-0.4, -0.2) is 17.9 Å². The molecule has 4 nitrogen and oxygen atoms in total. The van der Waals surface area contributed by atoms with Crippen LogP contribution in [0.2, 0.25) is 0 Å². The lowest BCUT2D eigenvalue weighted by atomic mass is 9.99. The van der Waals surface area contributed by atoms with Gasteiger partial charge in [-0.25, -0.2) is 4.79 Å². The summed E-state index contributed by atoms with van der Waals surface area (Å²) < 4.78 is 11.4. The summed E-state index contributed by atoms with van der Waals surface area (Å²) in [4.78, 5) is 23.7. The zero-order valence-electron chi connectivity index (χ0n) is 13.3. The van der Waals surface area contributed by atoms with Crippen molar-refractivity contribution in [1.82, 2.24) is 0 Å². The van der Waals surface area contributed by atoms with Crippen LogP contribution in [0.4, 0.5) is 0 Å². The molecule has 1 aromatic rings. The van der Waals surface area contributed by atoms with E-state index in [1.807, 2.05) is 6.92 Å². The molecule has 0 amide bonds. The zero-order chi connectivity index (χ0) is 16.4. The molecule has 1 aliphatic rings. The van der Waals surface area contributed by atoms with Gasteiger partial charge in [0.15, 0.2) is 18.0 Å². The van der Waals surface area contributed by atoms with Gasteiger partial charge in [0.25, 0.3) is 0 Å². The largest absolute Gasteiger partial charge is 0.481 e. The van der Waals surface area contributed by atoms with E-state index in [-0.39, 0.29) is 5.78 Å². The van der Waals surface area contributed by atoms with Gasteiger partial charge in [-0.2, -0.15) is 0 Å². The molecule has 0 fully saturated rings. The molecule has 0 saturated heterocycles. The van der Waals surface area contributed by atoms with Gasteiger partial charge in [-0.15, -0.1) is 0 Å². The van der Waals surface area contributed by atoms with Crippen molar-refractivity contribution in [3.63, 3.8) is 0 Å². The normalized spacial score (nSPS) is 20.1. The Balaban J connectivity index is 2.41. The van der Waals surface area contributed by atoms with Crippen LogP contribution in [0, 0.1) is 0 Å². The Morgan fingerprint density at radius 1 is 1.27 bits per heavy atom.